The van der Waals surface area contributed by atoms with E-state index in [0.29, 0.717) is 12.2 Å². The number of carbonyl (C=O) groups is 3. The lowest BCUT2D eigenvalue weighted by atomic mass is 10.1. The van der Waals surface area contributed by atoms with Crippen molar-refractivity contribution in [1.82, 2.24) is 14.5 Å². The summed E-state index contributed by atoms with van der Waals surface area (Å²) in [6.45, 7) is -0.342. The molecule has 0 radical (unpaired) electrons. The van der Waals surface area contributed by atoms with Gasteiger partial charge in [0, 0.05) is 36.0 Å². The number of anilines is 1. The van der Waals surface area contributed by atoms with Gasteiger partial charge in [0.15, 0.2) is 6.23 Å². The van der Waals surface area contributed by atoms with E-state index in [1.54, 1.807) is 0 Å². The molecule has 5 atom stereocenters. The third kappa shape index (κ3) is 7.71. The molecule has 1 aromatic carbocycles. The van der Waals surface area contributed by atoms with Crippen molar-refractivity contribution in [3.63, 3.8) is 0 Å². The highest BCUT2D eigenvalue weighted by molar-refractivity contribution is 5.89. The average molecular weight is 546 g/mol. The molecule has 9 N–H and O–H groups in total. The van der Waals surface area contributed by atoms with Crippen molar-refractivity contribution in [3.8, 4) is 0 Å². The van der Waals surface area contributed by atoms with Crippen LogP contribution in [0.2, 0.25) is 0 Å². The molecule has 2 aromatic heterocycles. The minimum atomic E-state index is -1.42. The second-order valence-corrected chi connectivity index (χ2v) is 8.42. The number of aliphatic hydroxyl groups excluding tert-OH is 2. The average Bonchev–Trinajstić information content (AvgIpc) is 3.41. The number of nitrogen functional groups attached to an aromatic ring is 1. The number of aliphatic hydroxyl groups is 2. The number of carboxylic acid groups (broad SMARTS) is 2. The number of benzene rings is 1. The number of H-pyrrole nitrogens is 1. The quantitative estimate of drug-likeness (QED) is 0.129. The number of carboxylic acids is 2. The molecule has 15 nitrogen and oxygen atoms in total. The number of ether oxygens (including phenoxy) is 2. The second-order valence-electron chi connectivity index (χ2n) is 8.42. The number of aromatic nitrogens is 3. The van der Waals surface area contributed by atoms with Gasteiger partial charge in [0.1, 0.15) is 36.8 Å². The molecule has 15 heteroatoms. The summed E-state index contributed by atoms with van der Waals surface area (Å²) >= 11 is 0. The van der Waals surface area contributed by atoms with E-state index in [2.05, 4.69) is 9.97 Å². The van der Waals surface area contributed by atoms with E-state index in [4.69, 9.17) is 31.2 Å². The number of aromatic amines is 1. The van der Waals surface area contributed by atoms with Crippen molar-refractivity contribution in [2.24, 2.45) is 5.73 Å². The number of esters is 1. The summed E-state index contributed by atoms with van der Waals surface area (Å²) in [6, 6.07) is 10.0. The lowest BCUT2D eigenvalue weighted by Crippen LogP contribution is -2.39. The molecule has 0 bridgehead atoms. The van der Waals surface area contributed by atoms with Gasteiger partial charge in [-0.1, -0.05) is 18.2 Å². The van der Waals surface area contributed by atoms with Gasteiger partial charge in [-0.3, -0.25) is 9.36 Å². The summed E-state index contributed by atoms with van der Waals surface area (Å²) in [6.07, 6.45) is -2.40. The Morgan fingerprint density at radius 1 is 1.13 bits per heavy atom. The monoisotopic (exact) mass is 545 g/mol. The number of aliphatic carboxylic acids is 2. The zero-order valence-corrected chi connectivity index (χ0v) is 20.3. The standard InChI is InChI=1S/C20H23N5O6.C4H4O4/c21-12(8-11-7-10-3-1-2-4-13(10)23-11)19(28)30-9-14-16(26)17(27)18(31-14)25-6-5-15(22)24-20(25)29;5-3(6)1-2-4(7)8/h1-7,12,14,16-18,23,26-27H,8-9,21H2,(H2,22,24,29);1-2H,(H,5,6)(H,7,8)/b;2-1-/t12-,14-,16-,17+,18-;/m1./s1. The van der Waals surface area contributed by atoms with Gasteiger partial charge in [-0.05, 0) is 23.6 Å². The molecular formula is C24H27N5O10. The number of nitrogens with one attached hydrogen (secondary N) is 1. The summed E-state index contributed by atoms with van der Waals surface area (Å²) < 4.78 is 11.7. The van der Waals surface area contributed by atoms with Crippen LogP contribution in [0.15, 0.2) is 59.5 Å². The molecule has 1 fully saturated rings. The van der Waals surface area contributed by atoms with Crippen molar-refractivity contribution in [2.45, 2.75) is 37.0 Å². The molecule has 0 unspecified atom stereocenters. The van der Waals surface area contributed by atoms with Crippen molar-refractivity contribution >= 4 is 34.6 Å². The molecule has 0 spiro atoms. The molecule has 3 heterocycles. The lowest BCUT2D eigenvalue weighted by Gasteiger charge is -2.17. The van der Waals surface area contributed by atoms with Crippen LogP contribution in [0.1, 0.15) is 11.9 Å². The van der Waals surface area contributed by atoms with Crippen LogP contribution in [0, 0.1) is 0 Å². The van der Waals surface area contributed by atoms with Gasteiger partial charge in [0.25, 0.3) is 0 Å². The number of nitrogens with two attached hydrogens (primary N) is 2. The van der Waals surface area contributed by atoms with E-state index in [0.717, 1.165) is 21.2 Å². The van der Waals surface area contributed by atoms with Gasteiger partial charge in [-0.2, -0.15) is 4.98 Å². The Kier molecular flexibility index (Phi) is 9.51. The summed E-state index contributed by atoms with van der Waals surface area (Å²) in [5.41, 5.74) is 12.4. The Morgan fingerprint density at radius 2 is 1.79 bits per heavy atom. The number of para-hydroxylation sites is 1. The topological polar surface area (TPSA) is 253 Å². The number of rotatable bonds is 8. The maximum absolute atomic E-state index is 12.3. The van der Waals surface area contributed by atoms with Gasteiger partial charge in [-0.25, -0.2) is 14.4 Å². The van der Waals surface area contributed by atoms with E-state index < -0.39 is 54.2 Å². The van der Waals surface area contributed by atoms with E-state index >= 15 is 0 Å². The first-order chi connectivity index (χ1) is 18.5. The number of carbonyl (C=O) groups excluding carboxylic acids is 1. The zero-order valence-electron chi connectivity index (χ0n) is 20.3. The SMILES string of the molecule is Nc1ccn([C@@H]2O[C@H](COC(=O)[C@H](N)Cc3cc4ccccc4[nH]3)[C@@H](O)[C@@H]2O)c(=O)n1.O=C(O)/C=C\C(=O)O. The van der Waals surface area contributed by atoms with Crippen LogP contribution >= 0.6 is 0 Å². The minimum absolute atomic E-state index is 0.0173. The number of fused-ring (bicyclic) bond motifs is 1. The van der Waals surface area contributed by atoms with Crippen LogP contribution in [0.5, 0.6) is 0 Å². The second kappa shape index (κ2) is 12.8. The number of hydrogen-bond donors (Lipinski definition) is 7. The normalized spacial score (nSPS) is 21.3. The highest BCUT2D eigenvalue weighted by Crippen LogP contribution is 2.28. The Hall–Kier alpha value is -4.57. The predicted molar refractivity (Wildman–Crippen MR) is 134 cm³/mol. The molecule has 4 rings (SSSR count). The minimum Gasteiger partial charge on any atom is -0.478 e. The molecular weight excluding hydrogens is 518 g/mol. The molecule has 3 aromatic rings. The molecule has 1 saturated heterocycles. The van der Waals surface area contributed by atoms with E-state index in [9.17, 15) is 29.4 Å². The highest BCUT2D eigenvalue weighted by atomic mass is 16.6. The predicted octanol–water partition coefficient (Wildman–Crippen LogP) is -1.25. The summed E-state index contributed by atoms with van der Waals surface area (Å²) in [5, 5.41) is 37.1. The van der Waals surface area contributed by atoms with Crippen molar-refractivity contribution in [1.29, 1.82) is 0 Å². The fourth-order valence-electron chi connectivity index (χ4n) is 3.69. The van der Waals surface area contributed by atoms with Gasteiger partial charge < -0.3 is 46.4 Å². The van der Waals surface area contributed by atoms with Gasteiger partial charge >= 0.3 is 23.6 Å². The number of nitrogens with zero attached hydrogens (tertiary/aromatic N) is 2. The smallest absolute Gasteiger partial charge is 0.351 e. The van der Waals surface area contributed by atoms with Crippen LogP contribution in [-0.2, 0) is 30.3 Å². The van der Waals surface area contributed by atoms with Gasteiger partial charge in [-0.15, -0.1) is 0 Å². The van der Waals surface area contributed by atoms with E-state index in [1.807, 2.05) is 30.3 Å². The maximum Gasteiger partial charge on any atom is 0.351 e. The Morgan fingerprint density at radius 3 is 2.41 bits per heavy atom. The molecule has 1 aliphatic rings. The van der Waals surface area contributed by atoms with Gasteiger partial charge in [0.2, 0.25) is 0 Å². The van der Waals surface area contributed by atoms with Crippen molar-refractivity contribution in [3.05, 3.63) is 70.9 Å². The summed E-state index contributed by atoms with van der Waals surface area (Å²) in [7, 11) is 0. The fraction of sp³-hybridized carbons (Fsp3) is 0.292. The van der Waals surface area contributed by atoms with E-state index in [-0.39, 0.29) is 18.8 Å². The van der Waals surface area contributed by atoms with Crippen molar-refractivity contribution in [2.75, 3.05) is 12.3 Å². The molecule has 0 aliphatic carbocycles. The third-order valence-electron chi connectivity index (χ3n) is 5.55. The zero-order chi connectivity index (χ0) is 28.7. The molecule has 39 heavy (non-hydrogen) atoms. The summed E-state index contributed by atoms with van der Waals surface area (Å²) in [4.78, 5) is 50.1. The summed E-state index contributed by atoms with van der Waals surface area (Å²) in [5.74, 6) is -3.18. The van der Waals surface area contributed by atoms with Crippen LogP contribution in [0.4, 0.5) is 5.82 Å². The molecule has 0 saturated carbocycles. The molecule has 1 aliphatic heterocycles. The van der Waals surface area contributed by atoms with Gasteiger partial charge in [0.05, 0.1) is 0 Å². The fourth-order valence-corrected chi connectivity index (χ4v) is 3.69. The maximum atomic E-state index is 12.3. The lowest BCUT2D eigenvalue weighted by molar-refractivity contribution is -0.151. The number of hydrogen-bond acceptors (Lipinski definition) is 11. The highest BCUT2D eigenvalue weighted by Gasteiger charge is 2.44. The third-order valence-corrected chi connectivity index (χ3v) is 5.55. The van der Waals surface area contributed by atoms with Crippen LogP contribution < -0.4 is 17.2 Å². The van der Waals surface area contributed by atoms with Crippen LogP contribution in [0.3, 0.4) is 0 Å². The van der Waals surface area contributed by atoms with Crippen LogP contribution in [0.25, 0.3) is 10.9 Å². The Labute approximate surface area is 219 Å². The van der Waals surface area contributed by atoms with Crippen LogP contribution in [-0.4, -0.2) is 83.8 Å². The first kappa shape index (κ1) is 29.0. The first-order valence-electron chi connectivity index (χ1n) is 11.4. The largest absolute Gasteiger partial charge is 0.478 e. The first-order valence-corrected chi connectivity index (χ1v) is 11.4. The van der Waals surface area contributed by atoms with E-state index in [1.165, 1.54) is 12.3 Å². The Bertz CT molecular complexity index is 1370. The Balaban J connectivity index is 0.000000459. The van der Waals surface area contributed by atoms with Crippen molar-refractivity contribution < 1.29 is 44.3 Å². The molecule has 0 amide bonds. The molecule has 208 valence electrons.